The topological polar surface area (TPSA) is 58.2 Å². The van der Waals surface area contributed by atoms with Crippen molar-refractivity contribution in [3.8, 4) is 0 Å². The van der Waals surface area contributed by atoms with E-state index in [1.807, 2.05) is 0 Å². The van der Waals surface area contributed by atoms with Crippen molar-refractivity contribution in [1.29, 1.82) is 0 Å². The molecule has 19 heavy (non-hydrogen) atoms. The number of nitrogens with one attached hydrogen (secondary N) is 2. The zero-order chi connectivity index (χ0) is 14.0. The van der Waals surface area contributed by atoms with Crippen LogP contribution in [0.4, 0.5) is 0 Å². The van der Waals surface area contributed by atoms with Gasteiger partial charge < -0.3 is 5.32 Å². The number of rotatable bonds is 6. The third kappa shape index (κ3) is 4.18. The first-order chi connectivity index (χ1) is 8.88. The third-order valence-electron chi connectivity index (χ3n) is 2.88. The van der Waals surface area contributed by atoms with Gasteiger partial charge in [0.1, 0.15) is 0 Å². The Balaban J connectivity index is 2.18. The van der Waals surface area contributed by atoms with Gasteiger partial charge in [-0.25, -0.2) is 13.1 Å². The van der Waals surface area contributed by atoms with Crippen LogP contribution in [-0.4, -0.2) is 20.5 Å². The molecule has 0 aliphatic heterocycles. The lowest BCUT2D eigenvalue weighted by Gasteiger charge is -2.12. The largest absolute Gasteiger partial charge is 0.310 e. The Morgan fingerprint density at radius 1 is 1.37 bits per heavy atom. The van der Waals surface area contributed by atoms with E-state index in [4.69, 9.17) is 11.6 Å². The van der Waals surface area contributed by atoms with Crippen molar-refractivity contribution >= 4 is 21.6 Å². The molecule has 6 heteroatoms. The van der Waals surface area contributed by atoms with Crippen LogP contribution in [0.25, 0.3) is 0 Å². The van der Waals surface area contributed by atoms with Crippen molar-refractivity contribution in [3.63, 3.8) is 0 Å². The van der Waals surface area contributed by atoms with Crippen molar-refractivity contribution in [1.82, 2.24) is 10.0 Å². The van der Waals surface area contributed by atoms with Crippen LogP contribution in [0.2, 0.25) is 5.02 Å². The molecule has 0 atom stereocenters. The van der Waals surface area contributed by atoms with E-state index in [0.29, 0.717) is 17.6 Å². The lowest BCUT2D eigenvalue weighted by atomic mass is 10.2. The highest BCUT2D eigenvalue weighted by atomic mass is 35.5. The minimum Gasteiger partial charge on any atom is -0.310 e. The van der Waals surface area contributed by atoms with E-state index in [9.17, 15) is 8.42 Å². The molecule has 106 valence electrons. The van der Waals surface area contributed by atoms with Crippen LogP contribution in [0, 0.1) is 0 Å². The fourth-order valence-corrected chi connectivity index (χ4v) is 3.26. The van der Waals surface area contributed by atoms with E-state index in [1.165, 1.54) is 18.9 Å². The highest BCUT2D eigenvalue weighted by Gasteiger charge is 2.21. The Hall–Kier alpha value is -0.620. The van der Waals surface area contributed by atoms with Gasteiger partial charge >= 0.3 is 0 Å². The van der Waals surface area contributed by atoms with Gasteiger partial charge in [0.15, 0.2) is 0 Å². The second kappa shape index (κ2) is 5.79. The van der Waals surface area contributed by atoms with Gasteiger partial charge in [0.25, 0.3) is 0 Å². The van der Waals surface area contributed by atoms with Crippen LogP contribution in [0.3, 0.4) is 0 Å². The van der Waals surface area contributed by atoms with Crippen molar-refractivity contribution in [2.75, 3.05) is 0 Å². The molecule has 0 bridgehead atoms. The van der Waals surface area contributed by atoms with E-state index in [2.05, 4.69) is 10.0 Å². The number of halogens is 1. The SMILES string of the molecule is CC(C)NS(=O)(=O)c1ccc(Cl)c(CNC2CC2)c1. The zero-order valence-electron chi connectivity index (χ0n) is 11.1. The van der Waals surface area contributed by atoms with Crippen molar-refractivity contribution in [2.45, 2.75) is 50.2 Å². The molecule has 0 aromatic heterocycles. The van der Waals surface area contributed by atoms with Gasteiger partial charge in [0.2, 0.25) is 10.0 Å². The monoisotopic (exact) mass is 302 g/mol. The fraction of sp³-hybridized carbons (Fsp3) is 0.538. The smallest absolute Gasteiger partial charge is 0.240 e. The maximum absolute atomic E-state index is 12.1. The van der Waals surface area contributed by atoms with Gasteiger partial charge in [0.05, 0.1) is 4.90 Å². The zero-order valence-corrected chi connectivity index (χ0v) is 12.7. The molecule has 2 rings (SSSR count). The number of hydrogen-bond acceptors (Lipinski definition) is 3. The van der Waals surface area contributed by atoms with Crippen molar-refractivity contribution < 1.29 is 8.42 Å². The molecule has 1 aliphatic rings. The lowest BCUT2D eigenvalue weighted by molar-refractivity contribution is 0.569. The van der Waals surface area contributed by atoms with Crippen LogP contribution < -0.4 is 10.0 Å². The van der Waals surface area contributed by atoms with E-state index in [1.54, 1.807) is 26.0 Å². The van der Waals surface area contributed by atoms with Crippen LogP contribution in [0.5, 0.6) is 0 Å². The molecule has 1 aromatic carbocycles. The maximum Gasteiger partial charge on any atom is 0.240 e. The first-order valence-corrected chi connectivity index (χ1v) is 8.29. The van der Waals surface area contributed by atoms with Gasteiger partial charge in [-0.15, -0.1) is 0 Å². The molecule has 2 N–H and O–H groups in total. The normalized spacial score (nSPS) is 16.0. The van der Waals surface area contributed by atoms with Gasteiger partial charge in [-0.1, -0.05) is 11.6 Å². The van der Waals surface area contributed by atoms with Crippen molar-refractivity contribution in [3.05, 3.63) is 28.8 Å². The Morgan fingerprint density at radius 2 is 2.05 bits per heavy atom. The molecular formula is C13H19ClN2O2S. The van der Waals surface area contributed by atoms with E-state index < -0.39 is 10.0 Å². The highest BCUT2D eigenvalue weighted by Crippen LogP contribution is 2.23. The second-order valence-electron chi connectivity index (χ2n) is 5.18. The number of sulfonamides is 1. The molecule has 0 heterocycles. The Labute approximate surface area is 119 Å². The number of benzene rings is 1. The van der Waals surface area contributed by atoms with E-state index in [-0.39, 0.29) is 10.9 Å². The van der Waals surface area contributed by atoms with Gasteiger partial charge in [0, 0.05) is 23.7 Å². The molecule has 0 saturated heterocycles. The van der Waals surface area contributed by atoms with E-state index >= 15 is 0 Å². The molecule has 0 amide bonds. The highest BCUT2D eigenvalue weighted by molar-refractivity contribution is 7.89. The van der Waals surface area contributed by atoms with Crippen molar-refractivity contribution in [2.24, 2.45) is 0 Å². The molecule has 0 spiro atoms. The summed E-state index contributed by atoms with van der Waals surface area (Å²) in [5, 5.41) is 3.93. The predicted octanol–water partition coefficient (Wildman–Crippen LogP) is 2.28. The van der Waals surface area contributed by atoms with Crippen LogP contribution in [-0.2, 0) is 16.6 Å². The summed E-state index contributed by atoms with van der Waals surface area (Å²) in [7, 11) is -3.46. The Morgan fingerprint density at radius 3 is 2.63 bits per heavy atom. The summed E-state index contributed by atoms with van der Waals surface area (Å²) in [6.45, 7) is 4.20. The molecule has 0 unspecified atom stereocenters. The van der Waals surface area contributed by atoms with Crippen LogP contribution >= 0.6 is 11.6 Å². The molecule has 1 saturated carbocycles. The summed E-state index contributed by atoms with van der Waals surface area (Å²) in [6.07, 6.45) is 2.37. The lowest BCUT2D eigenvalue weighted by Crippen LogP contribution is -2.30. The fourth-order valence-electron chi connectivity index (χ4n) is 1.77. The van der Waals surface area contributed by atoms with Gasteiger partial charge in [-0.3, -0.25) is 0 Å². The maximum atomic E-state index is 12.1. The Bertz CT molecular complexity index is 554. The molecule has 0 radical (unpaired) electrons. The minimum absolute atomic E-state index is 0.131. The van der Waals surface area contributed by atoms with E-state index in [0.717, 1.165) is 5.56 Å². The Kier molecular flexibility index (Phi) is 4.50. The van der Waals surface area contributed by atoms with Crippen LogP contribution in [0.1, 0.15) is 32.3 Å². The summed E-state index contributed by atoms with van der Waals surface area (Å²) in [6, 6.07) is 5.25. The predicted molar refractivity (Wildman–Crippen MR) is 76.8 cm³/mol. The third-order valence-corrected chi connectivity index (χ3v) is 4.90. The first kappa shape index (κ1) is 14.8. The quantitative estimate of drug-likeness (QED) is 0.847. The standard InChI is InChI=1S/C13H19ClN2O2S/c1-9(2)16-19(17,18)12-5-6-13(14)10(7-12)8-15-11-3-4-11/h5-7,9,11,15-16H,3-4,8H2,1-2H3. The summed E-state index contributed by atoms with van der Waals surface area (Å²) in [5.41, 5.74) is 0.820. The molecule has 4 nitrogen and oxygen atoms in total. The number of hydrogen-bond donors (Lipinski definition) is 2. The first-order valence-electron chi connectivity index (χ1n) is 6.42. The van der Waals surface area contributed by atoms with Gasteiger partial charge in [-0.2, -0.15) is 0 Å². The molecular weight excluding hydrogens is 284 g/mol. The molecule has 1 aliphatic carbocycles. The summed E-state index contributed by atoms with van der Waals surface area (Å²) < 4.78 is 26.7. The summed E-state index contributed by atoms with van der Waals surface area (Å²) >= 11 is 6.10. The average Bonchev–Trinajstić information content (AvgIpc) is 3.09. The van der Waals surface area contributed by atoms with Gasteiger partial charge in [-0.05, 0) is 50.5 Å². The summed E-state index contributed by atoms with van der Waals surface area (Å²) in [5.74, 6) is 0. The average molecular weight is 303 g/mol. The summed E-state index contributed by atoms with van der Waals surface area (Å²) in [4.78, 5) is 0.262. The molecule has 1 fully saturated rings. The van der Waals surface area contributed by atoms with Crippen LogP contribution in [0.15, 0.2) is 23.1 Å². The minimum atomic E-state index is -3.46. The molecule has 1 aromatic rings. The second-order valence-corrected chi connectivity index (χ2v) is 7.31.